The quantitative estimate of drug-likeness (QED) is 0.874. The summed E-state index contributed by atoms with van der Waals surface area (Å²) >= 11 is 3.39. The Bertz CT molecular complexity index is 379. The van der Waals surface area contributed by atoms with E-state index < -0.39 is 0 Å². The number of rotatable bonds is 5. The maximum Gasteiger partial charge on any atom is 0.224 e. The first-order valence-electron chi connectivity index (χ1n) is 5.76. The zero-order valence-corrected chi connectivity index (χ0v) is 11.8. The van der Waals surface area contributed by atoms with Gasteiger partial charge in [-0.1, -0.05) is 41.9 Å². The standard InChI is InChI=1S/C13H19BrN2O/c1-9(2)12(8-15)16-13(17)7-10-4-3-5-11(14)6-10/h3-6,9,12H,7-8,15H2,1-2H3,(H,16,17). The van der Waals surface area contributed by atoms with Crippen LogP contribution in [0.4, 0.5) is 0 Å². The molecule has 1 aromatic rings. The molecule has 0 aromatic heterocycles. The predicted molar refractivity (Wildman–Crippen MR) is 73.7 cm³/mol. The van der Waals surface area contributed by atoms with Crippen LogP contribution in [0.1, 0.15) is 19.4 Å². The largest absolute Gasteiger partial charge is 0.352 e. The number of amides is 1. The van der Waals surface area contributed by atoms with Gasteiger partial charge in [-0.25, -0.2) is 0 Å². The van der Waals surface area contributed by atoms with E-state index in [1.807, 2.05) is 24.3 Å². The van der Waals surface area contributed by atoms with Crippen LogP contribution in [0.2, 0.25) is 0 Å². The Kier molecular flexibility index (Phi) is 5.65. The van der Waals surface area contributed by atoms with E-state index in [2.05, 4.69) is 35.1 Å². The van der Waals surface area contributed by atoms with Crippen LogP contribution in [-0.2, 0) is 11.2 Å². The van der Waals surface area contributed by atoms with Crippen LogP contribution in [0.15, 0.2) is 28.7 Å². The molecule has 1 aromatic carbocycles. The third-order valence-electron chi connectivity index (χ3n) is 2.66. The Morgan fingerprint density at radius 3 is 2.71 bits per heavy atom. The second-order valence-corrected chi connectivity index (χ2v) is 5.38. The fraction of sp³-hybridized carbons (Fsp3) is 0.462. The fourth-order valence-electron chi connectivity index (χ4n) is 1.59. The minimum Gasteiger partial charge on any atom is -0.352 e. The highest BCUT2D eigenvalue weighted by Gasteiger charge is 2.14. The van der Waals surface area contributed by atoms with Crippen molar-refractivity contribution in [2.45, 2.75) is 26.3 Å². The van der Waals surface area contributed by atoms with Gasteiger partial charge in [0.2, 0.25) is 5.91 Å². The molecule has 17 heavy (non-hydrogen) atoms. The molecule has 0 radical (unpaired) electrons. The Balaban J connectivity index is 2.55. The monoisotopic (exact) mass is 298 g/mol. The molecule has 1 amide bonds. The van der Waals surface area contributed by atoms with Crippen LogP contribution in [0.25, 0.3) is 0 Å². The van der Waals surface area contributed by atoms with Gasteiger partial charge in [-0.2, -0.15) is 0 Å². The molecule has 0 bridgehead atoms. The van der Waals surface area contributed by atoms with E-state index in [9.17, 15) is 4.79 Å². The number of benzene rings is 1. The van der Waals surface area contributed by atoms with Gasteiger partial charge in [-0.3, -0.25) is 4.79 Å². The number of carbonyl (C=O) groups excluding carboxylic acids is 1. The molecule has 0 spiro atoms. The number of nitrogens with one attached hydrogen (secondary N) is 1. The van der Waals surface area contributed by atoms with Gasteiger partial charge in [0.05, 0.1) is 6.42 Å². The average Bonchev–Trinajstić information content (AvgIpc) is 2.25. The van der Waals surface area contributed by atoms with E-state index in [1.165, 1.54) is 0 Å². The van der Waals surface area contributed by atoms with Crippen LogP contribution >= 0.6 is 15.9 Å². The predicted octanol–water partition coefficient (Wildman–Crippen LogP) is 2.09. The molecule has 0 aliphatic carbocycles. The molecule has 94 valence electrons. The van der Waals surface area contributed by atoms with Crippen LogP contribution in [-0.4, -0.2) is 18.5 Å². The first kappa shape index (κ1) is 14.2. The van der Waals surface area contributed by atoms with Gasteiger partial charge in [0.15, 0.2) is 0 Å². The lowest BCUT2D eigenvalue weighted by atomic mass is 10.0. The minimum atomic E-state index is 0.0206. The number of carbonyl (C=O) groups is 1. The molecule has 4 heteroatoms. The van der Waals surface area contributed by atoms with Gasteiger partial charge in [-0.15, -0.1) is 0 Å². The van der Waals surface area contributed by atoms with E-state index in [0.717, 1.165) is 10.0 Å². The summed E-state index contributed by atoms with van der Waals surface area (Å²) in [5, 5.41) is 2.95. The van der Waals surface area contributed by atoms with Gasteiger partial charge in [0.25, 0.3) is 0 Å². The van der Waals surface area contributed by atoms with Crippen molar-refractivity contribution in [3.8, 4) is 0 Å². The van der Waals surface area contributed by atoms with Crippen molar-refractivity contribution >= 4 is 21.8 Å². The maximum atomic E-state index is 11.8. The van der Waals surface area contributed by atoms with Crippen molar-refractivity contribution in [3.05, 3.63) is 34.3 Å². The van der Waals surface area contributed by atoms with E-state index in [4.69, 9.17) is 5.73 Å². The molecule has 0 aliphatic heterocycles. The highest BCUT2D eigenvalue weighted by Crippen LogP contribution is 2.12. The van der Waals surface area contributed by atoms with Crippen LogP contribution < -0.4 is 11.1 Å². The number of halogens is 1. The topological polar surface area (TPSA) is 55.1 Å². The van der Waals surface area contributed by atoms with E-state index in [1.54, 1.807) is 0 Å². The van der Waals surface area contributed by atoms with E-state index in [0.29, 0.717) is 18.9 Å². The van der Waals surface area contributed by atoms with Crippen LogP contribution in [0, 0.1) is 5.92 Å². The Morgan fingerprint density at radius 1 is 1.47 bits per heavy atom. The van der Waals surface area contributed by atoms with Crippen molar-refractivity contribution in [2.24, 2.45) is 11.7 Å². The van der Waals surface area contributed by atoms with E-state index >= 15 is 0 Å². The Hall–Kier alpha value is -0.870. The Labute approximate surface area is 111 Å². The average molecular weight is 299 g/mol. The van der Waals surface area contributed by atoms with Crippen molar-refractivity contribution in [1.82, 2.24) is 5.32 Å². The summed E-state index contributed by atoms with van der Waals surface area (Å²) in [5.41, 5.74) is 6.61. The van der Waals surface area contributed by atoms with Crippen molar-refractivity contribution < 1.29 is 4.79 Å². The third kappa shape index (κ3) is 4.88. The SMILES string of the molecule is CC(C)C(CN)NC(=O)Cc1cccc(Br)c1. The van der Waals surface area contributed by atoms with Crippen molar-refractivity contribution in [2.75, 3.05) is 6.54 Å². The molecule has 0 saturated carbocycles. The maximum absolute atomic E-state index is 11.8. The lowest BCUT2D eigenvalue weighted by Crippen LogP contribution is -2.44. The third-order valence-corrected chi connectivity index (χ3v) is 3.15. The van der Waals surface area contributed by atoms with Gasteiger partial charge in [0.1, 0.15) is 0 Å². The summed E-state index contributed by atoms with van der Waals surface area (Å²) in [5.74, 6) is 0.374. The van der Waals surface area contributed by atoms with Gasteiger partial charge < -0.3 is 11.1 Å². The summed E-state index contributed by atoms with van der Waals surface area (Å²) in [7, 11) is 0. The second kappa shape index (κ2) is 6.77. The molecule has 0 saturated heterocycles. The lowest BCUT2D eigenvalue weighted by Gasteiger charge is -2.20. The van der Waals surface area contributed by atoms with Gasteiger partial charge in [0, 0.05) is 17.1 Å². The summed E-state index contributed by atoms with van der Waals surface area (Å²) < 4.78 is 0.988. The molecule has 1 rings (SSSR count). The number of nitrogens with two attached hydrogens (primary N) is 1. The lowest BCUT2D eigenvalue weighted by molar-refractivity contribution is -0.121. The molecule has 0 aliphatic rings. The summed E-state index contributed by atoms with van der Waals surface area (Å²) in [6.45, 7) is 4.58. The van der Waals surface area contributed by atoms with E-state index in [-0.39, 0.29) is 11.9 Å². The summed E-state index contributed by atoms with van der Waals surface area (Å²) in [6, 6.07) is 7.81. The summed E-state index contributed by atoms with van der Waals surface area (Å²) in [6.07, 6.45) is 0.392. The van der Waals surface area contributed by atoms with Crippen molar-refractivity contribution in [1.29, 1.82) is 0 Å². The molecule has 0 fully saturated rings. The zero-order chi connectivity index (χ0) is 12.8. The van der Waals surface area contributed by atoms with Gasteiger partial charge >= 0.3 is 0 Å². The first-order chi connectivity index (χ1) is 8.02. The zero-order valence-electron chi connectivity index (χ0n) is 10.2. The molecule has 0 heterocycles. The van der Waals surface area contributed by atoms with Crippen LogP contribution in [0.5, 0.6) is 0 Å². The van der Waals surface area contributed by atoms with Crippen molar-refractivity contribution in [3.63, 3.8) is 0 Å². The van der Waals surface area contributed by atoms with Gasteiger partial charge in [-0.05, 0) is 23.6 Å². The van der Waals surface area contributed by atoms with Crippen LogP contribution in [0.3, 0.4) is 0 Å². The minimum absolute atomic E-state index is 0.0206. The molecular weight excluding hydrogens is 280 g/mol. The normalized spacial score (nSPS) is 12.5. The highest BCUT2D eigenvalue weighted by molar-refractivity contribution is 9.10. The Morgan fingerprint density at radius 2 is 2.18 bits per heavy atom. The first-order valence-corrected chi connectivity index (χ1v) is 6.56. The molecule has 1 atom stereocenters. The number of hydrogen-bond acceptors (Lipinski definition) is 2. The summed E-state index contributed by atoms with van der Waals surface area (Å²) in [4.78, 5) is 11.8. The highest BCUT2D eigenvalue weighted by atomic mass is 79.9. The molecule has 3 N–H and O–H groups in total. The molecule has 1 unspecified atom stereocenters. The second-order valence-electron chi connectivity index (χ2n) is 4.46. The molecule has 3 nitrogen and oxygen atoms in total. The molecular formula is C13H19BrN2O. The smallest absolute Gasteiger partial charge is 0.224 e. The number of hydrogen-bond donors (Lipinski definition) is 2. The fourth-order valence-corrected chi connectivity index (χ4v) is 2.03.